The van der Waals surface area contributed by atoms with Crippen LogP contribution in [0.1, 0.15) is 29.0 Å². The molecule has 23 heavy (non-hydrogen) atoms. The Hall–Kier alpha value is -1.79. The number of aromatic nitrogens is 1. The lowest BCUT2D eigenvalue weighted by Crippen LogP contribution is -2.30. The Bertz CT molecular complexity index is 678. The average molecular weight is 334 g/mol. The molecule has 1 aromatic carbocycles. The van der Waals surface area contributed by atoms with Crippen LogP contribution in [0.5, 0.6) is 0 Å². The zero-order valence-electron chi connectivity index (χ0n) is 13.0. The fraction of sp³-hybridized carbons (Fsp3) is 0.412. The number of benzene rings is 1. The molecule has 1 fully saturated rings. The second-order valence-corrected chi connectivity index (χ2v) is 6.82. The van der Waals surface area contributed by atoms with Crippen LogP contribution in [0.3, 0.4) is 0 Å². The summed E-state index contributed by atoms with van der Waals surface area (Å²) in [5, 5.41) is 3.52. The maximum absolute atomic E-state index is 13.0. The first-order valence-corrected chi connectivity index (χ1v) is 8.53. The van der Waals surface area contributed by atoms with Gasteiger partial charge in [0.2, 0.25) is 5.91 Å². The van der Waals surface area contributed by atoms with Crippen LogP contribution in [0.25, 0.3) is 0 Å². The second kappa shape index (κ2) is 7.19. The van der Waals surface area contributed by atoms with Gasteiger partial charge in [-0.2, -0.15) is 0 Å². The summed E-state index contributed by atoms with van der Waals surface area (Å²) >= 11 is 1.47. The Morgan fingerprint density at radius 3 is 2.91 bits per heavy atom. The number of nitrogens with zero attached hydrogens (tertiary/aromatic N) is 1. The number of aryl methyl sites for hydroxylation is 1. The quantitative estimate of drug-likeness (QED) is 0.930. The maximum Gasteiger partial charge on any atom is 0.231 e. The number of carbonyl (C=O) groups excluding carboxylic acids is 1. The third-order valence-corrected chi connectivity index (χ3v) is 5.00. The van der Waals surface area contributed by atoms with Gasteiger partial charge in [0.25, 0.3) is 0 Å². The zero-order chi connectivity index (χ0) is 16.2. The molecule has 1 saturated heterocycles. The van der Waals surface area contributed by atoms with Crippen molar-refractivity contribution in [2.24, 2.45) is 5.92 Å². The first-order chi connectivity index (χ1) is 11.1. The topological polar surface area (TPSA) is 51.2 Å². The first-order valence-electron chi connectivity index (χ1n) is 7.71. The van der Waals surface area contributed by atoms with Crippen LogP contribution in [-0.2, 0) is 16.0 Å². The predicted molar refractivity (Wildman–Crippen MR) is 88.2 cm³/mol. The van der Waals surface area contributed by atoms with Crippen LogP contribution >= 0.6 is 11.3 Å². The van der Waals surface area contributed by atoms with Gasteiger partial charge in [-0.15, -0.1) is 11.3 Å². The lowest BCUT2D eigenvalue weighted by Gasteiger charge is -2.20. The number of ether oxygens (including phenoxy) is 1. The van der Waals surface area contributed by atoms with E-state index in [1.165, 1.54) is 23.5 Å². The molecule has 3 rings (SSSR count). The van der Waals surface area contributed by atoms with E-state index < -0.39 is 0 Å². The van der Waals surface area contributed by atoms with E-state index in [0.29, 0.717) is 18.2 Å². The van der Waals surface area contributed by atoms with Gasteiger partial charge in [0.1, 0.15) is 5.82 Å². The Morgan fingerprint density at radius 1 is 1.43 bits per heavy atom. The molecule has 1 aromatic heterocycles. The number of rotatable bonds is 4. The van der Waals surface area contributed by atoms with Crippen LogP contribution < -0.4 is 5.32 Å². The number of hydrogen-bond acceptors (Lipinski definition) is 4. The molecular weight excluding hydrogens is 315 g/mol. The normalized spacial score (nSPS) is 17.9. The second-order valence-electron chi connectivity index (χ2n) is 5.73. The van der Waals surface area contributed by atoms with Crippen LogP contribution in [0.4, 0.5) is 9.52 Å². The monoisotopic (exact) mass is 334 g/mol. The van der Waals surface area contributed by atoms with E-state index in [2.05, 4.69) is 10.3 Å². The molecule has 0 saturated carbocycles. The molecule has 1 atom stereocenters. The van der Waals surface area contributed by atoms with Crippen molar-refractivity contribution in [1.82, 2.24) is 4.98 Å². The van der Waals surface area contributed by atoms with Gasteiger partial charge in [-0.25, -0.2) is 9.37 Å². The predicted octanol–water partition coefficient (Wildman–Crippen LogP) is 3.55. The smallest absolute Gasteiger partial charge is 0.231 e. The molecule has 2 aromatic rings. The van der Waals surface area contributed by atoms with Crippen molar-refractivity contribution >= 4 is 22.4 Å². The summed E-state index contributed by atoms with van der Waals surface area (Å²) in [6.07, 6.45) is 2.47. The van der Waals surface area contributed by atoms with Crippen molar-refractivity contribution in [2.75, 3.05) is 18.5 Å². The van der Waals surface area contributed by atoms with E-state index in [4.69, 9.17) is 4.74 Å². The molecule has 1 unspecified atom stereocenters. The Labute approximate surface area is 138 Å². The van der Waals surface area contributed by atoms with E-state index in [1.54, 1.807) is 12.1 Å². The lowest BCUT2D eigenvalue weighted by atomic mass is 10.0. The summed E-state index contributed by atoms with van der Waals surface area (Å²) in [6, 6.07) is 6.45. The Kier molecular flexibility index (Phi) is 5.03. The van der Waals surface area contributed by atoms with Gasteiger partial charge in [0, 0.05) is 17.9 Å². The van der Waals surface area contributed by atoms with E-state index in [1.807, 2.05) is 6.92 Å². The van der Waals surface area contributed by atoms with Crippen LogP contribution in [0, 0.1) is 18.7 Å². The standard InChI is InChI=1S/C17H19FN2O2S/c1-11-15(9-12-4-6-14(18)7-5-12)23-17(19-11)20-16(21)13-3-2-8-22-10-13/h4-7,13H,2-3,8-10H2,1H3,(H,19,20,21). The van der Waals surface area contributed by atoms with Crippen LogP contribution in [0.2, 0.25) is 0 Å². The highest BCUT2D eigenvalue weighted by Gasteiger charge is 2.23. The van der Waals surface area contributed by atoms with Gasteiger partial charge < -0.3 is 10.1 Å². The highest BCUT2D eigenvalue weighted by Crippen LogP contribution is 2.26. The molecule has 0 radical (unpaired) electrons. The number of thiazole rings is 1. The molecule has 0 aliphatic carbocycles. The van der Waals surface area contributed by atoms with Gasteiger partial charge >= 0.3 is 0 Å². The van der Waals surface area contributed by atoms with E-state index in [9.17, 15) is 9.18 Å². The zero-order valence-corrected chi connectivity index (χ0v) is 13.8. The highest BCUT2D eigenvalue weighted by atomic mass is 32.1. The van der Waals surface area contributed by atoms with Crippen molar-refractivity contribution in [3.05, 3.63) is 46.2 Å². The van der Waals surface area contributed by atoms with Crippen LogP contribution in [-0.4, -0.2) is 24.1 Å². The van der Waals surface area contributed by atoms with Crippen molar-refractivity contribution in [3.8, 4) is 0 Å². The third-order valence-electron chi connectivity index (χ3n) is 3.93. The molecule has 4 nitrogen and oxygen atoms in total. The largest absolute Gasteiger partial charge is 0.381 e. The number of hydrogen-bond donors (Lipinski definition) is 1. The van der Waals surface area contributed by atoms with Gasteiger partial charge in [-0.05, 0) is 37.5 Å². The van der Waals surface area contributed by atoms with Crippen LogP contribution in [0.15, 0.2) is 24.3 Å². The summed E-state index contributed by atoms with van der Waals surface area (Å²) in [6.45, 7) is 3.15. The Morgan fingerprint density at radius 2 is 2.22 bits per heavy atom. The number of carbonyl (C=O) groups is 1. The molecule has 1 amide bonds. The van der Waals surface area contributed by atoms with E-state index in [-0.39, 0.29) is 17.6 Å². The minimum atomic E-state index is -0.238. The summed E-state index contributed by atoms with van der Waals surface area (Å²) in [5.41, 5.74) is 1.92. The summed E-state index contributed by atoms with van der Waals surface area (Å²) in [5.74, 6) is -0.349. The number of nitrogens with one attached hydrogen (secondary N) is 1. The highest BCUT2D eigenvalue weighted by molar-refractivity contribution is 7.15. The molecule has 1 aliphatic rings. The van der Waals surface area contributed by atoms with Crippen molar-refractivity contribution in [3.63, 3.8) is 0 Å². The maximum atomic E-state index is 13.0. The average Bonchev–Trinajstić information content (AvgIpc) is 2.90. The first kappa shape index (κ1) is 16.1. The number of halogens is 1. The van der Waals surface area contributed by atoms with Gasteiger partial charge in [-0.3, -0.25) is 4.79 Å². The molecule has 0 bridgehead atoms. The fourth-order valence-corrected chi connectivity index (χ4v) is 3.59. The number of amides is 1. The summed E-state index contributed by atoms with van der Waals surface area (Å²) in [7, 11) is 0. The van der Waals surface area contributed by atoms with Crippen molar-refractivity contribution in [2.45, 2.75) is 26.2 Å². The van der Waals surface area contributed by atoms with E-state index >= 15 is 0 Å². The minimum absolute atomic E-state index is 0.0215. The SMILES string of the molecule is Cc1nc(NC(=O)C2CCCOC2)sc1Cc1ccc(F)cc1. The summed E-state index contributed by atoms with van der Waals surface area (Å²) < 4.78 is 18.3. The molecule has 1 aliphatic heterocycles. The molecule has 2 heterocycles. The van der Waals surface area contributed by atoms with Crippen molar-refractivity contribution < 1.29 is 13.9 Å². The molecular formula is C17H19FN2O2S. The van der Waals surface area contributed by atoms with Crippen molar-refractivity contribution in [1.29, 1.82) is 0 Å². The number of anilines is 1. The molecule has 1 N–H and O–H groups in total. The fourth-order valence-electron chi connectivity index (χ4n) is 2.59. The van der Waals surface area contributed by atoms with E-state index in [0.717, 1.165) is 35.6 Å². The molecule has 6 heteroatoms. The third kappa shape index (κ3) is 4.14. The van der Waals surface area contributed by atoms with Gasteiger partial charge in [0.05, 0.1) is 18.2 Å². The molecule has 0 spiro atoms. The lowest BCUT2D eigenvalue weighted by molar-refractivity contribution is -0.123. The summed E-state index contributed by atoms with van der Waals surface area (Å²) in [4.78, 5) is 17.7. The molecule has 122 valence electrons. The Balaban J connectivity index is 1.65. The van der Waals surface area contributed by atoms with Gasteiger partial charge in [-0.1, -0.05) is 12.1 Å². The van der Waals surface area contributed by atoms with Gasteiger partial charge in [0.15, 0.2) is 5.13 Å². The minimum Gasteiger partial charge on any atom is -0.381 e.